The third kappa shape index (κ3) is 5.23. The van der Waals surface area contributed by atoms with Crippen molar-refractivity contribution in [2.45, 2.75) is 52.9 Å². The smallest absolute Gasteiger partial charge is 0.310 e. The number of carbonyl (C=O) groups is 2. The van der Waals surface area contributed by atoms with Crippen molar-refractivity contribution >= 4 is 17.7 Å². The summed E-state index contributed by atoms with van der Waals surface area (Å²) in [4.78, 5) is 32.1. The summed E-state index contributed by atoms with van der Waals surface area (Å²) in [7, 11) is 0. The molecule has 2 aromatic rings. The van der Waals surface area contributed by atoms with Gasteiger partial charge in [-0.1, -0.05) is 26.2 Å². The third-order valence-corrected chi connectivity index (χ3v) is 4.03. The molecule has 1 amide bonds. The summed E-state index contributed by atoms with van der Waals surface area (Å²) in [6.07, 6.45) is 5.81. The molecule has 0 saturated carbocycles. The minimum atomic E-state index is -0.464. The van der Waals surface area contributed by atoms with Crippen molar-refractivity contribution in [3.8, 4) is 0 Å². The summed E-state index contributed by atoms with van der Waals surface area (Å²) in [5, 5.41) is 6.84. The van der Waals surface area contributed by atoms with Gasteiger partial charge in [-0.3, -0.25) is 9.59 Å². The van der Waals surface area contributed by atoms with E-state index in [4.69, 9.17) is 4.74 Å². The van der Waals surface area contributed by atoms with Crippen LogP contribution in [0.4, 0.5) is 0 Å². The van der Waals surface area contributed by atoms with Crippen LogP contribution in [0.15, 0.2) is 6.33 Å². The molecule has 0 radical (unpaired) electrons. The van der Waals surface area contributed by atoms with Crippen molar-refractivity contribution in [1.29, 1.82) is 0 Å². The van der Waals surface area contributed by atoms with E-state index >= 15 is 0 Å². The second-order valence-electron chi connectivity index (χ2n) is 5.98. The lowest BCUT2D eigenvalue weighted by atomic mass is 10.1. The number of hydrogen-bond donors (Lipinski definition) is 1. The van der Waals surface area contributed by atoms with E-state index in [1.807, 2.05) is 13.8 Å². The molecule has 0 spiro atoms. The Morgan fingerprint density at radius 2 is 2.04 bits per heavy atom. The van der Waals surface area contributed by atoms with Gasteiger partial charge in [0.05, 0.1) is 6.42 Å². The highest BCUT2D eigenvalue weighted by atomic mass is 16.5. The molecule has 0 unspecified atom stereocenters. The molecule has 0 atom stereocenters. The molecule has 136 valence electrons. The van der Waals surface area contributed by atoms with Crippen molar-refractivity contribution in [2.24, 2.45) is 0 Å². The minimum Gasteiger partial charge on any atom is -0.455 e. The number of nitrogens with one attached hydrogen (secondary N) is 1. The fourth-order valence-corrected chi connectivity index (χ4v) is 2.58. The van der Waals surface area contributed by atoms with Crippen LogP contribution in [0.2, 0.25) is 0 Å². The zero-order chi connectivity index (χ0) is 18.2. The predicted molar refractivity (Wildman–Crippen MR) is 92.1 cm³/mol. The Morgan fingerprint density at radius 3 is 2.80 bits per heavy atom. The second kappa shape index (κ2) is 9.10. The molecule has 8 nitrogen and oxygen atoms in total. The van der Waals surface area contributed by atoms with E-state index in [0.717, 1.165) is 36.9 Å². The summed E-state index contributed by atoms with van der Waals surface area (Å²) in [6.45, 7) is 6.15. The molecule has 0 bridgehead atoms. The summed E-state index contributed by atoms with van der Waals surface area (Å²) >= 11 is 0. The summed E-state index contributed by atoms with van der Waals surface area (Å²) in [5.74, 6) is -0.244. The van der Waals surface area contributed by atoms with Gasteiger partial charge in [-0.15, -0.1) is 0 Å². The number of hydrogen-bond acceptors (Lipinski definition) is 6. The molecule has 2 rings (SSSR count). The number of fused-ring (bicyclic) bond motifs is 1. The monoisotopic (exact) mass is 347 g/mol. The first-order chi connectivity index (χ1) is 12.0. The number of amides is 1. The van der Waals surface area contributed by atoms with Gasteiger partial charge < -0.3 is 10.1 Å². The van der Waals surface area contributed by atoms with Crippen LogP contribution in [0.25, 0.3) is 5.78 Å². The molecule has 0 fully saturated rings. The Balaban J connectivity index is 1.81. The number of carbonyl (C=O) groups excluding carboxylic acids is 2. The SMILES string of the molecule is CCCCCCNC(=O)COC(=O)Cc1c(C)nc2ncnn2c1C. The number of ether oxygens (including phenoxy) is 1. The Morgan fingerprint density at radius 1 is 1.24 bits per heavy atom. The van der Waals surface area contributed by atoms with Gasteiger partial charge in [0.15, 0.2) is 6.61 Å². The number of aryl methyl sites for hydroxylation is 2. The summed E-state index contributed by atoms with van der Waals surface area (Å²) < 4.78 is 6.65. The lowest BCUT2D eigenvalue weighted by Crippen LogP contribution is -2.30. The van der Waals surface area contributed by atoms with Gasteiger partial charge in [0.2, 0.25) is 0 Å². The molecule has 2 aromatic heterocycles. The van der Waals surface area contributed by atoms with E-state index in [2.05, 4.69) is 27.3 Å². The topological polar surface area (TPSA) is 98.5 Å². The fraction of sp³-hybridized carbons (Fsp3) is 0.588. The Hall–Kier alpha value is -2.51. The van der Waals surface area contributed by atoms with Crippen molar-refractivity contribution in [3.63, 3.8) is 0 Å². The number of nitrogens with zero attached hydrogens (tertiary/aromatic N) is 4. The third-order valence-electron chi connectivity index (χ3n) is 4.03. The van der Waals surface area contributed by atoms with E-state index in [1.165, 1.54) is 6.33 Å². The van der Waals surface area contributed by atoms with Crippen molar-refractivity contribution in [2.75, 3.05) is 13.2 Å². The lowest BCUT2D eigenvalue weighted by molar-refractivity contribution is -0.147. The number of esters is 1. The van der Waals surface area contributed by atoms with Crippen LogP contribution in [0.3, 0.4) is 0 Å². The van der Waals surface area contributed by atoms with Crippen LogP contribution in [0, 0.1) is 13.8 Å². The molecule has 0 aliphatic carbocycles. The van der Waals surface area contributed by atoms with Gasteiger partial charge in [0, 0.05) is 23.5 Å². The van der Waals surface area contributed by atoms with Gasteiger partial charge in [0.1, 0.15) is 6.33 Å². The Labute approximate surface area is 147 Å². The van der Waals surface area contributed by atoms with Gasteiger partial charge in [-0.2, -0.15) is 10.1 Å². The molecular formula is C17H25N5O3. The van der Waals surface area contributed by atoms with Crippen LogP contribution < -0.4 is 5.32 Å². The highest BCUT2D eigenvalue weighted by Gasteiger charge is 2.16. The van der Waals surface area contributed by atoms with Gasteiger partial charge >= 0.3 is 5.97 Å². The van der Waals surface area contributed by atoms with Crippen molar-refractivity contribution < 1.29 is 14.3 Å². The highest BCUT2D eigenvalue weighted by Crippen LogP contribution is 2.14. The van der Waals surface area contributed by atoms with E-state index in [9.17, 15) is 9.59 Å². The largest absolute Gasteiger partial charge is 0.455 e. The zero-order valence-electron chi connectivity index (χ0n) is 15.0. The first-order valence-electron chi connectivity index (χ1n) is 8.61. The molecule has 2 heterocycles. The van der Waals surface area contributed by atoms with E-state index in [0.29, 0.717) is 18.0 Å². The maximum Gasteiger partial charge on any atom is 0.310 e. The standard InChI is InChI=1S/C17H25N5O3/c1-4-5-6-7-8-18-15(23)10-25-16(24)9-14-12(2)21-17-19-11-20-22(17)13(14)3/h11H,4-10H2,1-3H3,(H,18,23). The van der Waals surface area contributed by atoms with Crippen molar-refractivity contribution in [3.05, 3.63) is 23.3 Å². The lowest BCUT2D eigenvalue weighted by Gasteiger charge is -2.10. The normalized spacial score (nSPS) is 10.8. The highest BCUT2D eigenvalue weighted by molar-refractivity contribution is 5.81. The second-order valence-corrected chi connectivity index (χ2v) is 5.98. The van der Waals surface area contributed by atoms with Crippen LogP contribution >= 0.6 is 0 Å². The van der Waals surface area contributed by atoms with E-state index in [1.54, 1.807) is 4.52 Å². The van der Waals surface area contributed by atoms with Gasteiger partial charge in [-0.05, 0) is 20.3 Å². The van der Waals surface area contributed by atoms with Gasteiger partial charge in [-0.25, -0.2) is 9.50 Å². The molecule has 1 N–H and O–H groups in total. The average molecular weight is 347 g/mol. The number of rotatable bonds is 9. The zero-order valence-corrected chi connectivity index (χ0v) is 15.0. The molecule has 25 heavy (non-hydrogen) atoms. The van der Waals surface area contributed by atoms with Gasteiger partial charge in [0.25, 0.3) is 11.7 Å². The van der Waals surface area contributed by atoms with Crippen LogP contribution in [-0.4, -0.2) is 44.6 Å². The maximum absolute atomic E-state index is 12.0. The minimum absolute atomic E-state index is 0.0459. The van der Waals surface area contributed by atoms with Crippen LogP contribution in [-0.2, 0) is 20.7 Å². The number of aromatic nitrogens is 4. The van der Waals surface area contributed by atoms with Crippen LogP contribution in [0.5, 0.6) is 0 Å². The first kappa shape index (κ1) is 18.8. The number of unbranched alkanes of at least 4 members (excludes halogenated alkanes) is 3. The molecule has 0 saturated heterocycles. The van der Waals surface area contributed by atoms with Crippen molar-refractivity contribution in [1.82, 2.24) is 24.9 Å². The molecule has 0 aliphatic heterocycles. The maximum atomic E-state index is 12.0. The molecule has 8 heteroatoms. The summed E-state index contributed by atoms with van der Waals surface area (Å²) in [5.41, 5.74) is 2.23. The summed E-state index contributed by atoms with van der Waals surface area (Å²) in [6, 6.07) is 0. The fourth-order valence-electron chi connectivity index (χ4n) is 2.58. The average Bonchev–Trinajstić information content (AvgIpc) is 3.05. The quantitative estimate of drug-likeness (QED) is 0.545. The molecule has 0 aliphatic rings. The molecular weight excluding hydrogens is 322 g/mol. The molecule has 0 aromatic carbocycles. The predicted octanol–water partition coefficient (Wildman–Crippen LogP) is 1.52. The Bertz CT molecular complexity index is 741. The van der Waals surface area contributed by atoms with E-state index in [-0.39, 0.29) is 18.9 Å². The van der Waals surface area contributed by atoms with E-state index < -0.39 is 5.97 Å². The van der Waals surface area contributed by atoms with Crippen LogP contribution in [0.1, 0.15) is 49.6 Å². The Kier molecular flexibility index (Phi) is 6.85. The first-order valence-corrected chi connectivity index (χ1v) is 8.61.